The lowest BCUT2D eigenvalue weighted by molar-refractivity contribution is 0.120. The van der Waals surface area contributed by atoms with E-state index in [9.17, 15) is 4.79 Å². The smallest absolute Gasteiger partial charge is 0.317 e. The molecule has 0 radical (unpaired) electrons. The van der Waals surface area contributed by atoms with E-state index in [1.165, 1.54) is 5.56 Å². The largest absolute Gasteiger partial charge is 0.322 e. The molecule has 0 spiro atoms. The van der Waals surface area contributed by atoms with Crippen LogP contribution in [-0.2, 0) is 13.1 Å². The minimum absolute atomic E-state index is 0.0176. The van der Waals surface area contributed by atoms with Crippen molar-refractivity contribution < 1.29 is 4.79 Å². The van der Waals surface area contributed by atoms with Crippen molar-refractivity contribution in [3.63, 3.8) is 0 Å². The molecule has 1 saturated heterocycles. The standard InChI is InChI=1S/C27H31N3O/c1-22-9-8-14-25(19-22)28-27(31)30(21-24-12-6-3-7-13-24)26-15-17-29(18-16-26)20-23-10-4-2-5-11-23/h2-14,19,26H,15-18,20-21H2,1H3,(H,28,31). The van der Waals surface area contributed by atoms with Gasteiger partial charge in [-0.05, 0) is 48.6 Å². The van der Waals surface area contributed by atoms with Crippen LogP contribution in [0, 0.1) is 6.92 Å². The van der Waals surface area contributed by atoms with Crippen LogP contribution in [-0.4, -0.2) is 35.0 Å². The molecule has 0 unspecified atom stereocenters. The fourth-order valence-corrected chi connectivity index (χ4v) is 4.30. The molecule has 1 heterocycles. The van der Waals surface area contributed by atoms with E-state index in [0.717, 1.165) is 49.3 Å². The molecule has 160 valence electrons. The van der Waals surface area contributed by atoms with Crippen molar-refractivity contribution in [3.8, 4) is 0 Å². The van der Waals surface area contributed by atoms with Crippen molar-refractivity contribution in [1.82, 2.24) is 9.80 Å². The van der Waals surface area contributed by atoms with Gasteiger partial charge in [-0.1, -0.05) is 72.8 Å². The third-order valence-corrected chi connectivity index (χ3v) is 5.97. The molecule has 0 aromatic heterocycles. The molecule has 4 rings (SSSR count). The lowest BCUT2D eigenvalue weighted by Crippen LogP contribution is -2.48. The Bertz CT molecular complexity index is 966. The Morgan fingerprint density at radius 3 is 2.19 bits per heavy atom. The van der Waals surface area contributed by atoms with Crippen LogP contribution >= 0.6 is 0 Å². The maximum absolute atomic E-state index is 13.3. The van der Waals surface area contributed by atoms with Crippen molar-refractivity contribution in [3.05, 3.63) is 102 Å². The van der Waals surface area contributed by atoms with Crippen LogP contribution in [0.4, 0.5) is 10.5 Å². The van der Waals surface area contributed by atoms with Crippen LogP contribution in [0.1, 0.15) is 29.5 Å². The number of piperidine rings is 1. The number of amides is 2. The minimum Gasteiger partial charge on any atom is -0.317 e. The maximum atomic E-state index is 13.3. The lowest BCUT2D eigenvalue weighted by atomic mass is 10.0. The second-order valence-corrected chi connectivity index (χ2v) is 8.41. The molecular formula is C27H31N3O. The van der Waals surface area contributed by atoms with Gasteiger partial charge >= 0.3 is 6.03 Å². The van der Waals surface area contributed by atoms with Gasteiger partial charge in [-0.15, -0.1) is 0 Å². The number of hydrogen-bond donors (Lipinski definition) is 1. The zero-order chi connectivity index (χ0) is 21.5. The first-order valence-electron chi connectivity index (χ1n) is 11.1. The lowest BCUT2D eigenvalue weighted by Gasteiger charge is -2.38. The number of benzene rings is 3. The van der Waals surface area contributed by atoms with Gasteiger partial charge in [-0.3, -0.25) is 4.90 Å². The molecule has 3 aromatic rings. The third kappa shape index (κ3) is 5.96. The Morgan fingerprint density at radius 2 is 1.55 bits per heavy atom. The molecule has 4 heteroatoms. The molecule has 1 aliphatic rings. The summed E-state index contributed by atoms with van der Waals surface area (Å²) in [7, 11) is 0. The highest BCUT2D eigenvalue weighted by atomic mass is 16.2. The Labute approximate surface area is 185 Å². The Hall–Kier alpha value is -3.11. The van der Waals surface area contributed by atoms with E-state index >= 15 is 0 Å². The molecule has 0 atom stereocenters. The number of likely N-dealkylation sites (tertiary alicyclic amines) is 1. The first kappa shape index (κ1) is 21.1. The van der Waals surface area contributed by atoms with Crippen molar-refractivity contribution in [2.75, 3.05) is 18.4 Å². The number of aryl methyl sites for hydroxylation is 1. The van der Waals surface area contributed by atoms with Gasteiger partial charge in [0.05, 0.1) is 0 Å². The van der Waals surface area contributed by atoms with E-state index in [-0.39, 0.29) is 12.1 Å². The van der Waals surface area contributed by atoms with Gasteiger partial charge < -0.3 is 10.2 Å². The Kier molecular flexibility index (Phi) is 7.00. The summed E-state index contributed by atoms with van der Waals surface area (Å²) in [5, 5.41) is 3.12. The van der Waals surface area contributed by atoms with Gasteiger partial charge in [0, 0.05) is 37.9 Å². The Morgan fingerprint density at radius 1 is 0.903 bits per heavy atom. The van der Waals surface area contributed by atoms with E-state index in [0.29, 0.717) is 6.54 Å². The van der Waals surface area contributed by atoms with E-state index in [1.54, 1.807) is 0 Å². The van der Waals surface area contributed by atoms with Gasteiger partial charge in [-0.25, -0.2) is 4.79 Å². The topological polar surface area (TPSA) is 35.6 Å². The summed E-state index contributed by atoms with van der Waals surface area (Å²) in [6, 6.07) is 29.1. The van der Waals surface area contributed by atoms with Gasteiger partial charge in [0.2, 0.25) is 0 Å². The predicted molar refractivity (Wildman–Crippen MR) is 127 cm³/mol. The molecule has 2 amide bonds. The zero-order valence-corrected chi connectivity index (χ0v) is 18.2. The summed E-state index contributed by atoms with van der Waals surface area (Å²) in [4.78, 5) is 17.8. The normalized spacial score (nSPS) is 14.9. The second-order valence-electron chi connectivity index (χ2n) is 8.41. The van der Waals surface area contributed by atoms with Gasteiger partial charge in [-0.2, -0.15) is 0 Å². The highest BCUT2D eigenvalue weighted by molar-refractivity contribution is 5.89. The number of urea groups is 1. The van der Waals surface area contributed by atoms with Crippen LogP contribution < -0.4 is 5.32 Å². The number of anilines is 1. The minimum atomic E-state index is -0.0176. The average Bonchev–Trinajstić information content (AvgIpc) is 2.79. The molecule has 1 fully saturated rings. The first-order chi connectivity index (χ1) is 15.2. The molecular weight excluding hydrogens is 382 g/mol. The third-order valence-electron chi connectivity index (χ3n) is 5.97. The summed E-state index contributed by atoms with van der Waals surface area (Å²) >= 11 is 0. The van der Waals surface area contributed by atoms with E-state index in [1.807, 2.05) is 54.3 Å². The second kappa shape index (κ2) is 10.3. The maximum Gasteiger partial charge on any atom is 0.322 e. The van der Waals surface area contributed by atoms with Crippen molar-refractivity contribution in [1.29, 1.82) is 0 Å². The van der Waals surface area contributed by atoms with Crippen molar-refractivity contribution in [2.45, 2.75) is 38.9 Å². The van der Waals surface area contributed by atoms with Crippen LogP contribution in [0.15, 0.2) is 84.9 Å². The van der Waals surface area contributed by atoms with E-state index in [4.69, 9.17) is 0 Å². The van der Waals surface area contributed by atoms with Crippen LogP contribution in [0.2, 0.25) is 0 Å². The molecule has 1 N–H and O–H groups in total. The summed E-state index contributed by atoms with van der Waals surface area (Å²) in [6.07, 6.45) is 1.97. The highest BCUT2D eigenvalue weighted by Crippen LogP contribution is 2.22. The predicted octanol–water partition coefficient (Wildman–Crippen LogP) is 5.69. The van der Waals surface area contributed by atoms with Crippen molar-refractivity contribution in [2.24, 2.45) is 0 Å². The van der Waals surface area contributed by atoms with Gasteiger partial charge in [0.25, 0.3) is 0 Å². The highest BCUT2D eigenvalue weighted by Gasteiger charge is 2.28. The molecule has 3 aromatic carbocycles. The molecule has 1 aliphatic heterocycles. The number of carbonyl (C=O) groups excluding carboxylic acids is 1. The van der Waals surface area contributed by atoms with Crippen LogP contribution in [0.25, 0.3) is 0 Å². The number of rotatable bonds is 6. The average molecular weight is 414 g/mol. The number of nitrogens with zero attached hydrogens (tertiary/aromatic N) is 2. The number of nitrogens with one attached hydrogen (secondary N) is 1. The fourth-order valence-electron chi connectivity index (χ4n) is 4.30. The molecule has 0 aliphatic carbocycles. The molecule has 0 saturated carbocycles. The Balaban J connectivity index is 1.43. The summed E-state index contributed by atoms with van der Waals surface area (Å²) in [6.45, 7) is 5.65. The fraction of sp³-hybridized carbons (Fsp3) is 0.296. The summed E-state index contributed by atoms with van der Waals surface area (Å²) in [5.41, 5.74) is 4.50. The quantitative estimate of drug-likeness (QED) is 0.563. The first-order valence-corrected chi connectivity index (χ1v) is 11.1. The molecule has 4 nitrogen and oxygen atoms in total. The monoisotopic (exact) mass is 413 g/mol. The number of hydrogen-bond acceptors (Lipinski definition) is 2. The van der Waals surface area contributed by atoms with E-state index in [2.05, 4.69) is 52.7 Å². The van der Waals surface area contributed by atoms with Gasteiger partial charge in [0.15, 0.2) is 0 Å². The zero-order valence-electron chi connectivity index (χ0n) is 18.2. The van der Waals surface area contributed by atoms with Gasteiger partial charge in [0.1, 0.15) is 0 Å². The number of carbonyl (C=O) groups is 1. The summed E-state index contributed by atoms with van der Waals surface area (Å²) < 4.78 is 0. The van der Waals surface area contributed by atoms with E-state index < -0.39 is 0 Å². The molecule has 0 bridgehead atoms. The van der Waals surface area contributed by atoms with Crippen molar-refractivity contribution >= 4 is 11.7 Å². The van der Waals surface area contributed by atoms with Crippen LogP contribution in [0.5, 0.6) is 0 Å². The summed E-state index contributed by atoms with van der Waals surface area (Å²) in [5.74, 6) is 0. The van der Waals surface area contributed by atoms with Crippen LogP contribution in [0.3, 0.4) is 0 Å². The molecule has 31 heavy (non-hydrogen) atoms. The SMILES string of the molecule is Cc1cccc(NC(=O)N(Cc2ccccc2)C2CCN(Cc3ccccc3)CC2)c1.